The van der Waals surface area contributed by atoms with E-state index in [9.17, 15) is 25.2 Å². The molecule has 0 bridgehead atoms. The lowest BCUT2D eigenvalue weighted by atomic mass is 9.96. The molecular formula is C38H48Cl2N2O10. The lowest BCUT2D eigenvalue weighted by Crippen LogP contribution is -2.53. The minimum Gasteiger partial charge on any atom is -0.490 e. The Morgan fingerprint density at radius 2 is 1.65 bits per heavy atom. The molecule has 12 nitrogen and oxygen atoms in total. The number of aliphatic hydroxyl groups is 6. The van der Waals surface area contributed by atoms with Gasteiger partial charge in [-0.3, -0.25) is 9.78 Å². The highest BCUT2D eigenvalue weighted by atomic mass is 35.5. The second-order valence-electron chi connectivity index (χ2n) is 13.3. The lowest BCUT2D eigenvalue weighted by molar-refractivity contribution is -0.159. The van der Waals surface area contributed by atoms with E-state index < -0.39 is 42.5 Å². The van der Waals surface area contributed by atoms with E-state index in [-0.39, 0.29) is 45.6 Å². The number of para-hydroxylation sites is 1. The first-order chi connectivity index (χ1) is 25.1. The Labute approximate surface area is 313 Å². The molecule has 4 atom stereocenters. The van der Waals surface area contributed by atoms with Crippen molar-refractivity contribution in [1.82, 2.24) is 9.88 Å². The Morgan fingerprint density at radius 1 is 0.923 bits per heavy atom. The van der Waals surface area contributed by atoms with Crippen LogP contribution in [0, 0.1) is 0 Å². The molecule has 1 amide bonds. The van der Waals surface area contributed by atoms with Crippen LogP contribution in [0.2, 0.25) is 10.0 Å². The van der Waals surface area contributed by atoms with Gasteiger partial charge < -0.3 is 49.7 Å². The van der Waals surface area contributed by atoms with Gasteiger partial charge in [-0.25, -0.2) is 0 Å². The smallest absolute Gasteiger partial charge is 0.254 e. The summed E-state index contributed by atoms with van der Waals surface area (Å²) in [7, 11) is 0. The fourth-order valence-electron chi connectivity index (χ4n) is 6.05. The van der Waals surface area contributed by atoms with Gasteiger partial charge in [-0.05, 0) is 85.9 Å². The van der Waals surface area contributed by atoms with Gasteiger partial charge in [-0.15, -0.1) is 0 Å². The van der Waals surface area contributed by atoms with Crippen LogP contribution < -0.4 is 4.74 Å². The number of aryl methyl sites for hydroxylation is 1. The van der Waals surface area contributed by atoms with Crippen molar-refractivity contribution in [2.45, 2.75) is 87.7 Å². The minimum absolute atomic E-state index is 0.0470. The van der Waals surface area contributed by atoms with E-state index in [1.165, 1.54) is 4.90 Å². The van der Waals surface area contributed by atoms with E-state index in [0.717, 1.165) is 59.3 Å². The number of carbonyl (C=O) groups is 1. The second-order valence-corrected chi connectivity index (χ2v) is 14.2. The van der Waals surface area contributed by atoms with E-state index in [1.54, 1.807) is 6.20 Å². The number of aliphatic hydroxyl groups excluding tert-OH is 6. The van der Waals surface area contributed by atoms with E-state index in [2.05, 4.69) is 11.1 Å². The molecule has 3 aromatic rings. The van der Waals surface area contributed by atoms with Crippen LogP contribution in [0.5, 0.6) is 5.75 Å². The molecule has 1 aromatic heterocycles. The van der Waals surface area contributed by atoms with E-state index >= 15 is 0 Å². The zero-order valence-corrected chi connectivity index (χ0v) is 30.5. The average Bonchev–Trinajstić information content (AvgIpc) is 4.11. The highest BCUT2D eigenvalue weighted by molar-refractivity contribution is 6.34. The molecular weight excluding hydrogens is 715 g/mol. The van der Waals surface area contributed by atoms with Gasteiger partial charge in [0.2, 0.25) is 0 Å². The lowest BCUT2D eigenvalue weighted by Gasteiger charge is -2.30. The van der Waals surface area contributed by atoms with Gasteiger partial charge in [0.1, 0.15) is 24.1 Å². The molecule has 2 aromatic carbocycles. The van der Waals surface area contributed by atoms with Gasteiger partial charge in [0, 0.05) is 46.7 Å². The number of pyridine rings is 1. The summed E-state index contributed by atoms with van der Waals surface area (Å²) in [5, 5.41) is 59.4. The standard InChI is InChI=1S/C38H48Cl2N2O10/c39-30-20-25(23-51-38(11-12-38)29-21-41-13-10-27(29)28-6-1-2-7-33(28)52-26-8-9-26)31(40)19-24(30)5-3-4-14-42(15-17-50-18-16-43)37(49)36(48)35(47)34(46)32(45)22-44/h1-2,6-7,10,13,19-21,26,32,34-36,43-48H,3-5,8-9,11-12,14-18,22-23H2. The van der Waals surface area contributed by atoms with Gasteiger partial charge in [-0.2, -0.15) is 0 Å². The zero-order valence-electron chi connectivity index (χ0n) is 28.9. The van der Waals surface area contributed by atoms with Crippen LogP contribution in [0.25, 0.3) is 11.1 Å². The van der Waals surface area contributed by atoms with Crippen molar-refractivity contribution in [1.29, 1.82) is 0 Å². The Kier molecular flexibility index (Phi) is 14.7. The molecule has 0 aliphatic heterocycles. The predicted molar refractivity (Wildman–Crippen MR) is 194 cm³/mol. The maximum absolute atomic E-state index is 13.0. The Bertz CT molecular complexity index is 1620. The summed E-state index contributed by atoms with van der Waals surface area (Å²) in [6.45, 7) is -0.468. The fourth-order valence-corrected chi connectivity index (χ4v) is 6.57. The highest BCUT2D eigenvalue weighted by Crippen LogP contribution is 2.53. The number of hydrogen-bond acceptors (Lipinski definition) is 11. The van der Waals surface area contributed by atoms with E-state index in [1.807, 2.05) is 42.6 Å². The van der Waals surface area contributed by atoms with E-state index in [4.69, 9.17) is 47.6 Å². The number of aromatic nitrogens is 1. The number of ether oxygens (including phenoxy) is 3. The molecule has 4 unspecified atom stereocenters. The van der Waals surface area contributed by atoms with Crippen LogP contribution in [0.15, 0.2) is 54.9 Å². The van der Waals surface area contributed by atoms with Crippen molar-refractivity contribution in [3.63, 3.8) is 0 Å². The topological polar surface area (TPSA) is 182 Å². The third kappa shape index (κ3) is 10.4. The average molecular weight is 764 g/mol. The molecule has 0 spiro atoms. The quantitative estimate of drug-likeness (QED) is 0.0826. The zero-order chi connectivity index (χ0) is 37.3. The summed E-state index contributed by atoms with van der Waals surface area (Å²) >= 11 is 13.5. The number of halogens is 2. The van der Waals surface area contributed by atoms with Gasteiger partial charge in [0.05, 0.1) is 44.7 Å². The molecule has 2 aliphatic rings. The normalized spacial score (nSPS) is 17.3. The van der Waals surface area contributed by atoms with Crippen LogP contribution in [0.1, 0.15) is 55.2 Å². The molecule has 2 saturated carbocycles. The monoisotopic (exact) mass is 762 g/mol. The third-order valence-electron chi connectivity index (χ3n) is 9.42. The molecule has 284 valence electrons. The van der Waals surface area contributed by atoms with Crippen molar-refractivity contribution in [2.75, 3.05) is 39.5 Å². The maximum Gasteiger partial charge on any atom is 0.254 e. The summed E-state index contributed by atoms with van der Waals surface area (Å²) in [6, 6.07) is 13.7. The molecule has 2 aliphatic carbocycles. The van der Waals surface area contributed by atoms with E-state index in [0.29, 0.717) is 29.3 Å². The van der Waals surface area contributed by atoms with Gasteiger partial charge >= 0.3 is 0 Å². The van der Waals surface area contributed by atoms with Gasteiger partial charge in [-0.1, -0.05) is 41.4 Å². The Morgan fingerprint density at radius 3 is 2.37 bits per heavy atom. The number of unbranched alkanes of at least 4 members (excludes halogenated alkanes) is 1. The SMILES string of the molecule is O=C(C(O)C(O)C(O)C(O)CO)N(CCCCc1cc(Cl)c(COC2(c3cnccc3-c3ccccc3OC3CC3)CC2)cc1Cl)CCOCCO. The number of benzene rings is 2. The minimum atomic E-state index is -2.05. The second kappa shape index (κ2) is 18.9. The summed E-state index contributed by atoms with van der Waals surface area (Å²) in [5.74, 6) is -0.0198. The molecule has 2 fully saturated rings. The molecule has 0 saturated heterocycles. The fraction of sp³-hybridized carbons (Fsp3) is 0.526. The van der Waals surface area contributed by atoms with Crippen LogP contribution >= 0.6 is 23.2 Å². The predicted octanol–water partition coefficient (Wildman–Crippen LogP) is 3.40. The Hall–Kier alpha value is -2.88. The number of rotatable bonds is 22. The molecule has 14 heteroatoms. The first-order valence-corrected chi connectivity index (χ1v) is 18.5. The van der Waals surface area contributed by atoms with Crippen LogP contribution in [0.3, 0.4) is 0 Å². The molecule has 1 heterocycles. The van der Waals surface area contributed by atoms with Crippen LogP contribution in [-0.4, -0.2) is 116 Å². The first-order valence-electron chi connectivity index (χ1n) is 17.7. The van der Waals surface area contributed by atoms with Gasteiger partial charge in [0.15, 0.2) is 6.10 Å². The molecule has 0 radical (unpaired) electrons. The summed E-state index contributed by atoms with van der Waals surface area (Å²) in [4.78, 5) is 18.7. The number of hydrogen-bond donors (Lipinski definition) is 6. The summed E-state index contributed by atoms with van der Waals surface area (Å²) in [6.07, 6.45) is 1.62. The maximum atomic E-state index is 13.0. The van der Waals surface area contributed by atoms with Crippen molar-refractivity contribution in [2.24, 2.45) is 0 Å². The van der Waals surface area contributed by atoms with Crippen LogP contribution in [0.4, 0.5) is 0 Å². The van der Waals surface area contributed by atoms with Crippen LogP contribution in [-0.2, 0) is 32.9 Å². The number of amides is 1. The molecule has 6 N–H and O–H groups in total. The largest absolute Gasteiger partial charge is 0.490 e. The van der Waals surface area contributed by atoms with Gasteiger partial charge in [0.25, 0.3) is 5.91 Å². The van der Waals surface area contributed by atoms with Crippen molar-refractivity contribution in [3.8, 4) is 16.9 Å². The summed E-state index contributed by atoms with van der Waals surface area (Å²) in [5.41, 5.74) is 4.13. The Balaban J connectivity index is 1.18. The van der Waals surface area contributed by atoms with Crippen molar-refractivity contribution >= 4 is 29.1 Å². The van der Waals surface area contributed by atoms with Crippen molar-refractivity contribution in [3.05, 3.63) is 81.6 Å². The highest BCUT2D eigenvalue weighted by Gasteiger charge is 2.48. The number of carbonyl (C=O) groups excluding carboxylic acids is 1. The molecule has 52 heavy (non-hydrogen) atoms. The third-order valence-corrected chi connectivity index (χ3v) is 10.1. The first kappa shape index (κ1) is 40.3. The number of nitrogens with zero attached hydrogens (tertiary/aromatic N) is 2. The molecule has 5 rings (SSSR count). The van der Waals surface area contributed by atoms with Crippen molar-refractivity contribution < 1.29 is 49.6 Å². The summed E-state index contributed by atoms with van der Waals surface area (Å²) < 4.78 is 18.1.